The maximum absolute atomic E-state index is 11.4. The van der Waals surface area contributed by atoms with Gasteiger partial charge in [-0.05, 0) is 32.4 Å². The summed E-state index contributed by atoms with van der Waals surface area (Å²) >= 11 is 2.00. The molecule has 3 heteroatoms. The molecule has 2 heterocycles. The summed E-state index contributed by atoms with van der Waals surface area (Å²) in [5.41, 5.74) is 0.254. The van der Waals surface area contributed by atoms with Crippen LogP contribution in [0.25, 0.3) is 0 Å². The summed E-state index contributed by atoms with van der Waals surface area (Å²) < 4.78 is 0. The van der Waals surface area contributed by atoms with Crippen molar-refractivity contribution in [2.24, 2.45) is 5.41 Å². The van der Waals surface area contributed by atoms with Crippen LogP contribution in [-0.4, -0.2) is 23.0 Å². The molecule has 0 aliphatic carbocycles. The number of thioether (sulfide) groups is 1. The average molecular weight is 199 g/mol. The molecule has 0 bridgehead atoms. The van der Waals surface area contributed by atoms with Gasteiger partial charge in [-0.15, -0.1) is 0 Å². The van der Waals surface area contributed by atoms with Crippen LogP contribution in [0.4, 0.5) is 0 Å². The van der Waals surface area contributed by atoms with E-state index in [0.717, 1.165) is 12.2 Å². The summed E-state index contributed by atoms with van der Waals surface area (Å²) in [5, 5.41) is 3.10. The Morgan fingerprint density at radius 1 is 1.46 bits per heavy atom. The van der Waals surface area contributed by atoms with Gasteiger partial charge in [0.15, 0.2) is 0 Å². The van der Waals surface area contributed by atoms with E-state index in [-0.39, 0.29) is 16.9 Å². The highest BCUT2D eigenvalue weighted by atomic mass is 32.2. The Morgan fingerprint density at radius 2 is 2.23 bits per heavy atom. The molecule has 1 spiro atoms. The number of rotatable bonds is 0. The first kappa shape index (κ1) is 9.38. The first-order chi connectivity index (χ1) is 6.06. The van der Waals surface area contributed by atoms with E-state index in [1.165, 1.54) is 18.6 Å². The van der Waals surface area contributed by atoms with E-state index in [1.807, 2.05) is 11.8 Å². The summed E-state index contributed by atoms with van der Waals surface area (Å²) in [6, 6.07) is 0. The molecule has 0 aromatic heterocycles. The first-order valence-electron chi connectivity index (χ1n) is 4.95. The van der Waals surface area contributed by atoms with Crippen molar-refractivity contribution in [3.05, 3.63) is 0 Å². The number of carbonyl (C=O) groups is 1. The summed E-state index contributed by atoms with van der Waals surface area (Å²) in [6.45, 7) is 4.34. The lowest BCUT2D eigenvalue weighted by atomic mass is 9.70. The highest BCUT2D eigenvalue weighted by Crippen LogP contribution is 2.48. The monoisotopic (exact) mass is 199 g/mol. The summed E-state index contributed by atoms with van der Waals surface area (Å²) in [7, 11) is 0. The lowest BCUT2D eigenvalue weighted by molar-refractivity contribution is -0.119. The molecule has 1 atom stereocenters. The minimum atomic E-state index is 0.0114. The largest absolute Gasteiger partial charge is 0.351 e. The van der Waals surface area contributed by atoms with Gasteiger partial charge in [-0.25, -0.2) is 0 Å². The topological polar surface area (TPSA) is 29.1 Å². The second kappa shape index (κ2) is 2.91. The number of hydrogen-bond donors (Lipinski definition) is 1. The average Bonchev–Trinajstić information content (AvgIpc) is 2.23. The van der Waals surface area contributed by atoms with E-state index in [1.54, 1.807) is 0 Å². The highest BCUT2D eigenvalue weighted by Gasteiger charge is 2.52. The van der Waals surface area contributed by atoms with Crippen molar-refractivity contribution in [1.29, 1.82) is 0 Å². The molecule has 2 nitrogen and oxygen atoms in total. The Balaban J connectivity index is 2.24. The van der Waals surface area contributed by atoms with Crippen LogP contribution in [0.5, 0.6) is 0 Å². The van der Waals surface area contributed by atoms with E-state index in [0.29, 0.717) is 0 Å². The molecule has 2 saturated heterocycles. The van der Waals surface area contributed by atoms with Gasteiger partial charge in [-0.2, -0.15) is 11.8 Å². The second-order valence-electron chi connectivity index (χ2n) is 4.79. The molecule has 0 aromatic rings. The van der Waals surface area contributed by atoms with Crippen molar-refractivity contribution in [3.63, 3.8) is 0 Å². The third kappa shape index (κ3) is 1.37. The van der Waals surface area contributed by atoms with Crippen LogP contribution < -0.4 is 5.32 Å². The number of nitrogens with one attached hydrogen (secondary N) is 1. The normalized spacial score (nSPS) is 37.8. The van der Waals surface area contributed by atoms with Gasteiger partial charge in [0.05, 0.1) is 0 Å². The highest BCUT2D eigenvalue weighted by molar-refractivity contribution is 7.99. The minimum Gasteiger partial charge on any atom is -0.351 e. The van der Waals surface area contributed by atoms with Gasteiger partial charge in [-0.1, -0.05) is 0 Å². The molecule has 74 valence electrons. The SMILES string of the molecule is CC1(C)NC(=O)CC12CCCSC2. The Morgan fingerprint density at radius 3 is 2.69 bits per heavy atom. The molecule has 2 rings (SSSR count). The van der Waals surface area contributed by atoms with Crippen LogP contribution in [0.2, 0.25) is 0 Å². The molecule has 2 aliphatic heterocycles. The van der Waals surface area contributed by atoms with Crippen molar-refractivity contribution in [1.82, 2.24) is 5.32 Å². The van der Waals surface area contributed by atoms with Gasteiger partial charge in [0.2, 0.25) is 5.91 Å². The summed E-state index contributed by atoms with van der Waals surface area (Å²) in [4.78, 5) is 11.4. The Hall–Kier alpha value is -0.180. The molecule has 0 aromatic carbocycles. The fraction of sp³-hybridized carbons (Fsp3) is 0.900. The van der Waals surface area contributed by atoms with Crippen molar-refractivity contribution in [2.45, 2.75) is 38.6 Å². The molecule has 1 amide bonds. The van der Waals surface area contributed by atoms with E-state index >= 15 is 0 Å². The zero-order valence-corrected chi connectivity index (χ0v) is 9.17. The Labute approximate surface area is 83.8 Å². The van der Waals surface area contributed by atoms with Gasteiger partial charge >= 0.3 is 0 Å². The van der Waals surface area contributed by atoms with Crippen molar-refractivity contribution in [2.75, 3.05) is 11.5 Å². The molecule has 0 radical (unpaired) electrons. The van der Waals surface area contributed by atoms with Crippen LogP contribution in [0.15, 0.2) is 0 Å². The standard InChI is InChI=1S/C10H17NOS/c1-9(2)10(6-8(12)11-9)4-3-5-13-7-10/h3-7H2,1-2H3,(H,11,12). The molecule has 2 aliphatic rings. The van der Waals surface area contributed by atoms with Crippen LogP contribution in [0, 0.1) is 5.41 Å². The molecular weight excluding hydrogens is 182 g/mol. The van der Waals surface area contributed by atoms with Gasteiger partial charge in [0.1, 0.15) is 0 Å². The van der Waals surface area contributed by atoms with E-state index in [4.69, 9.17) is 0 Å². The van der Waals surface area contributed by atoms with Crippen molar-refractivity contribution >= 4 is 17.7 Å². The predicted molar refractivity (Wildman–Crippen MR) is 55.8 cm³/mol. The van der Waals surface area contributed by atoms with Crippen LogP contribution >= 0.6 is 11.8 Å². The number of hydrogen-bond acceptors (Lipinski definition) is 2. The third-order valence-electron chi connectivity index (χ3n) is 3.60. The Bertz CT molecular complexity index is 231. The van der Waals surface area contributed by atoms with Crippen molar-refractivity contribution in [3.8, 4) is 0 Å². The van der Waals surface area contributed by atoms with Crippen LogP contribution in [0.1, 0.15) is 33.1 Å². The van der Waals surface area contributed by atoms with Gasteiger partial charge in [0.25, 0.3) is 0 Å². The fourth-order valence-corrected chi connectivity index (χ4v) is 4.03. The first-order valence-corrected chi connectivity index (χ1v) is 6.10. The lowest BCUT2D eigenvalue weighted by Crippen LogP contribution is -2.49. The molecule has 2 fully saturated rings. The van der Waals surface area contributed by atoms with E-state index < -0.39 is 0 Å². The summed E-state index contributed by atoms with van der Waals surface area (Å²) in [6.07, 6.45) is 3.22. The Kier molecular flexibility index (Phi) is 2.10. The van der Waals surface area contributed by atoms with E-state index in [9.17, 15) is 4.79 Å². The van der Waals surface area contributed by atoms with Crippen LogP contribution in [-0.2, 0) is 4.79 Å². The van der Waals surface area contributed by atoms with Gasteiger partial charge in [0, 0.05) is 23.1 Å². The van der Waals surface area contributed by atoms with Crippen LogP contribution in [0.3, 0.4) is 0 Å². The van der Waals surface area contributed by atoms with E-state index in [2.05, 4.69) is 19.2 Å². The fourth-order valence-electron chi connectivity index (χ4n) is 2.54. The number of amides is 1. The molecule has 13 heavy (non-hydrogen) atoms. The van der Waals surface area contributed by atoms with Crippen molar-refractivity contribution < 1.29 is 4.79 Å². The molecular formula is C10H17NOS. The summed E-state index contributed by atoms with van der Waals surface area (Å²) in [5.74, 6) is 2.66. The number of carbonyl (C=O) groups excluding carboxylic acids is 1. The molecule has 1 unspecified atom stereocenters. The third-order valence-corrected chi connectivity index (χ3v) is 4.93. The van der Waals surface area contributed by atoms with Gasteiger partial charge < -0.3 is 5.32 Å². The quantitative estimate of drug-likeness (QED) is 0.644. The minimum absolute atomic E-state index is 0.0114. The molecule has 0 saturated carbocycles. The molecule has 1 N–H and O–H groups in total. The zero-order valence-electron chi connectivity index (χ0n) is 8.35. The second-order valence-corrected chi connectivity index (χ2v) is 5.89. The lowest BCUT2D eigenvalue weighted by Gasteiger charge is -2.42. The maximum Gasteiger partial charge on any atom is 0.221 e. The smallest absolute Gasteiger partial charge is 0.221 e. The van der Waals surface area contributed by atoms with Gasteiger partial charge in [-0.3, -0.25) is 4.79 Å². The zero-order chi connectivity index (χ0) is 9.53. The predicted octanol–water partition coefficient (Wildman–Crippen LogP) is 1.80. The maximum atomic E-state index is 11.4.